The molecule has 0 spiro atoms. The lowest BCUT2D eigenvalue weighted by Crippen LogP contribution is -2.32. The molecule has 0 bridgehead atoms. The van der Waals surface area contributed by atoms with Gasteiger partial charge in [0.15, 0.2) is 6.29 Å². The van der Waals surface area contributed by atoms with Crippen LogP contribution in [0.3, 0.4) is 0 Å². The summed E-state index contributed by atoms with van der Waals surface area (Å²) in [6.45, 7) is 6.04. The highest BCUT2D eigenvalue weighted by Gasteiger charge is 2.18. The molecule has 0 aromatic rings. The summed E-state index contributed by atoms with van der Waals surface area (Å²) >= 11 is 0. The van der Waals surface area contributed by atoms with E-state index >= 15 is 0 Å². The summed E-state index contributed by atoms with van der Waals surface area (Å²) in [6, 6.07) is 0. The molecule has 0 saturated carbocycles. The van der Waals surface area contributed by atoms with Gasteiger partial charge in [-0.2, -0.15) is 0 Å². The summed E-state index contributed by atoms with van der Waals surface area (Å²) in [4.78, 5) is 2.49. The summed E-state index contributed by atoms with van der Waals surface area (Å²) in [5, 5.41) is 9.85. The Morgan fingerprint density at radius 3 is 2.82 bits per heavy atom. The number of nitrogens with zero attached hydrogens (tertiary/aromatic N) is 1. The van der Waals surface area contributed by atoms with Gasteiger partial charge in [0, 0.05) is 12.1 Å². The maximum atomic E-state index is 9.85. The van der Waals surface area contributed by atoms with E-state index in [0.29, 0.717) is 6.61 Å². The number of likely N-dealkylation sites (tertiary alicyclic amines) is 1. The average molecular weight is 237 g/mol. The molecule has 0 aromatic carbocycles. The van der Waals surface area contributed by atoms with Gasteiger partial charge in [-0.3, -0.25) is 4.90 Å². The molecule has 96 valence electrons. The summed E-state index contributed by atoms with van der Waals surface area (Å²) in [7, 11) is 0. The lowest BCUT2D eigenvalue weighted by Gasteiger charge is -2.29. The molecule has 2 aliphatic heterocycles. The van der Waals surface area contributed by atoms with Crippen molar-refractivity contribution in [2.45, 2.75) is 38.9 Å². The highest BCUT2D eigenvalue weighted by molar-refractivity contribution is 5.30. The van der Waals surface area contributed by atoms with E-state index in [2.05, 4.69) is 11.8 Å². The largest absolute Gasteiger partial charge is 0.364 e. The molecule has 3 heteroatoms. The molecule has 1 fully saturated rings. The molecule has 17 heavy (non-hydrogen) atoms. The van der Waals surface area contributed by atoms with Crippen LogP contribution in [-0.4, -0.2) is 42.5 Å². The SMILES string of the molecule is CC/C(CN1CCCCC1)=C1\C=CCOC1O. The second-order valence-corrected chi connectivity index (χ2v) is 4.84. The van der Waals surface area contributed by atoms with Crippen LogP contribution in [0.4, 0.5) is 0 Å². The van der Waals surface area contributed by atoms with Crippen molar-refractivity contribution in [1.82, 2.24) is 4.90 Å². The summed E-state index contributed by atoms with van der Waals surface area (Å²) in [5.74, 6) is 0. The molecule has 3 nitrogen and oxygen atoms in total. The third-order valence-electron chi connectivity index (χ3n) is 3.61. The zero-order valence-corrected chi connectivity index (χ0v) is 10.7. The molecule has 2 rings (SSSR count). The first-order valence-corrected chi connectivity index (χ1v) is 6.71. The third-order valence-corrected chi connectivity index (χ3v) is 3.61. The number of aliphatic hydroxyl groups is 1. The lowest BCUT2D eigenvalue weighted by atomic mass is 10.0. The molecule has 2 heterocycles. The van der Waals surface area contributed by atoms with E-state index in [1.54, 1.807) is 0 Å². The summed E-state index contributed by atoms with van der Waals surface area (Å²) in [5.41, 5.74) is 2.29. The summed E-state index contributed by atoms with van der Waals surface area (Å²) < 4.78 is 5.25. The molecule has 0 aliphatic carbocycles. The molecular formula is C14H23NO2. The first-order chi connectivity index (χ1) is 8.31. The minimum Gasteiger partial charge on any atom is -0.364 e. The first-order valence-electron chi connectivity index (χ1n) is 6.71. The minimum atomic E-state index is -0.722. The van der Waals surface area contributed by atoms with Crippen molar-refractivity contribution in [3.63, 3.8) is 0 Å². The van der Waals surface area contributed by atoms with Crippen molar-refractivity contribution < 1.29 is 9.84 Å². The van der Waals surface area contributed by atoms with Crippen LogP contribution in [0.1, 0.15) is 32.6 Å². The number of rotatable bonds is 3. The zero-order valence-electron chi connectivity index (χ0n) is 10.7. The molecule has 2 aliphatic rings. The molecular weight excluding hydrogens is 214 g/mol. The first kappa shape index (κ1) is 12.8. The minimum absolute atomic E-state index is 0.519. The van der Waals surface area contributed by atoms with Crippen molar-refractivity contribution in [2.75, 3.05) is 26.2 Å². The van der Waals surface area contributed by atoms with E-state index in [1.165, 1.54) is 37.9 Å². The van der Waals surface area contributed by atoms with E-state index < -0.39 is 6.29 Å². The van der Waals surface area contributed by atoms with Gasteiger partial charge < -0.3 is 9.84 Å². The van der Waals surface area contributed by atoms with Crippen molar-refractivity contribution >= 4 is 0 Å². The topological polar surface area (TPSA) is 32.7 Å². The maximum Gasteiger partial charge on any atom is 0.181 e. The van der Waals surface area contributed by atoms with Crippen LogP contribution in [0.2, 0.25) is 0 Å². The Morgan fingerprint density at radius 2 is 2.18 bits per heavy atom. The van der Waals surface area contributed by atoms with E-state index in [-0.39, 0.29) is 0 Å². The second-order valence-electron chi connectivity index (χ2n) is 4.84. The van der Waals surface area contributed by atoms with Crippen LogP contribution in [0.5, 0.6) is 0 Å². The van der Waals surface area contributed by atoms with Crippen LogP contribution in [0, 0.1) is 0 Å². The Morgan fingerprint density at radius 1 is 1.41 bits per heavy atom. The normalized spacial score (nSPS) is 29.4. The smallest absolute Gasteiger partial charge is 0.181 e. The van der Waals surface area contributed by atoms with Crippen LogP contribution in [0.25, 0.3) is 0 Å². The fourth-order valence-electron chi connectivity index (χ4n) is 2.58. The average Bonchev–Trinajstić information content (AvgIpc) is 2.38. The Labute approximate surface area is 104 Å². The van der Waals surface area contributed by atoms with Gasteiger partial charge in [-0.15, -0.1) is 0 Å². The highest BCUT2D eigenvalue weighted by Crippen LogP contribution is 2.21. The number of ether oxygens (including phenoxy) is 1. The molecule has 1 unspecified atom stereocenters. The van der Waals surface area contributed by atoms with Gasteiger partial charge in [0.2, 0.25) is 0 Å². The molecule has 0 radical (unpaired) electrons. The molecule has 0 amide bonds. The van der Waals surface area contributed by atoms with Crippen LogP contribution < -0.4 is 0 Å². The molecule has 1 saturated heterocycles. The number of hydrogen-bond acceptors (Lipinski definition) is 3. The van der Waals surface area contributed by atoms with Gasteiger partial charge >= 0.3 is 0 Å². The number of aliphatic hydroxyl groups excluding tert-OH is 1. The van der Waals surface area contributed by atoms with E-state index in [1.807, 2.05) is 12.2 Å². The Kier molecular flexibility index (Phi) is 4.77. The van der Waals surface area contributed by atoms with Crippen LogP contribution in [0.15, 0.2) is 23.3 Å². The Hall–Kier alpha value is -0.640. The van der Waals surface area contributed by atoms with E-state index in [0.717, 1.165) is 18.5 Å². The van der Waals surface area contributed by atoms with Crippen LogP contribution in [-0.2, 0) is 4.74 Å². The molecule has 1 N–H and O–H groups in total. The monoisotopic (exact) mass is 237 g/mol. The predicted molar refractivity (Wildman–Crippen MR) is 68.7 cm³/mol. The number of piperidine rings is 1. The zero-order chi connectivity index (χ0) is 12.1. The van der Waals surface area contributed by atoms with E-state index in [4.69, 9.17) is 4.74 Å². The van der Waals surface area contributed by atoms with Gasteiger partial charge in [-0.25, -0.2) is 0 Å². The lowest BCUT2D eigenvalue weighted by molar-refractivity contribution is -0.0636. The third kappa shape index (κ3) is 3.41. The standard InChI is InChI=1S/C14H23NO2/c1-2-12(11-15-8-4-3-5-9-15)13-7-6-10-17-14(13)16/h6-7,14,16H,2-5,8-11H2,1H3/b13-12-. The molecule has 1 atom stereocenters. The van der Waals surface area contributed by atoms with Crippen molar-refractivity contribution in [1.29, 1.82) is 0 Å². The van der Waals surface area contributed by atoms with Crippen LogP contribution >= 0.6 is 0 Å². The fraction of sp³-hybridized carbons (Fsp3) is 0.714. The quantitative estimate of drug-likeness (QED) is 0.816. The highest BCUT2D eigenvalue weighted by atomic mass is 16.6. The van der Waals surface area contributed by atoms with Gasteiger partial charge in [0.1, 0.15) is 0 Å². The van der Waals surface area contributed by atoms with Gasteiger partial charge in [-0.1, -0.05) is 25.5 Å². The Balaban J connectivity index is 2.05. The van der Waals surface area contributed by atoms with Gasteiger partial charge in [-0.05, 0) is 37.9 Å². The van der Waals surface area contributed by atoms with Crippen molar-refractivity contribution in [3.8, 4) is 0 Å². The summed E-state index contributed by atoms with van der Waals surface area (Å²) in [6.07, 6.45) is 8.24. The second kappa shape index (κ2) is 6.34. The van der Waals surface area contributed by atoms with Gasteiger partial charge in [0.05, 0.1) is 6.61 Å². The predicted octanol–water partition coefficient (Wildman–Crippen LogP) is 2.08. The van der Waals surface area contributed by atoms with E-state index in [9.17, 15) is 5.11 Å². The van der Waals surface area contributed by atoms with Crippen molar-refractivity contribution in [3.05, 3.63) is 23.3 Å². The number of hydrogen-bond donors (Lipinski definition) is 1. The maximum absolute atomic E-state index is 9.85. The van der Waals surface area contributed by atoms with Crippen molar-refractivity contribution in [2.24, 2.45) is 0 Å². The van der Waals surface area contributed by atoms with Gasteiger partial charge in [0.25, 0.3) is 0 Å². The molecule has 0 aromatic heterocycles. The Bertz CT molecular complexity index is 303. The fourth-order valence-corrected chi connectivity index (χ4v) is 2.58.